The van der Waals surface area contributed by atoms with Crippen LogP contribution in [0.25, 0.3) is 11.0 Å². The number of H-pyrrole nitrogens is 1. The zero-order valence-electron chi connectivity index (χ0n) is 9.95. The first-order chi connectivity index (χ1) is 9.25. The molecule has 1 unspecified atom stereocenters. The largest absolute Gasteiger partial charge is 0.369 e. The van der Waals surface area contributed by atoms with Gasteiger partial charge in [0.1, 0.15) is 11.7 Å². The minimum atomic E-state index is -0.658. The summed E-state index contributed by atoms with van der Waals surface area (Å²) in [7, 11) is 0. The SMILES string of the molecule is NC(=O)C(c1ccc2nc[nH]c2c1)c1ncccn1. The topological polar surface area (TPSA) is 97.6 Å². The molecule has 2 aromatic heterocycles. The number of fused-ring (bicyclic) bond motifs is 1. The minimum absolute atomic E-state index is 0.397. The molecular weight excluding hydrogens is 242 g/mol. The highest BCUT2D eigenvalue weighted by molar-refractivity contribution is 5.86. The van der Waals surface area contributed by atoms with E-state index in [0.29, 0.717) is 5.82 Å². The van der Waals surface area contributed by atoms with Gasteiger partial charge >= 0.3 is 0 Å². The molecule has 2 heterocycles. The number of carbonyl (C=O) groups is 1. The molecule has 19 heavy (non-hydrogen) atoms. The molecule has 0 radical (unpaired) electrons. The number of benzene rings is 1. The Labute approximate surface area is 108 Å². The summed E-state index contributed by atoms with van der Waals surface area (Å²) in [6.07, 6.45) is 4.78. The van der Waals surface area contributed by atoms with E-state index in [1.165, 1.54) is 0 Å². The van der Waals surface area contributed by atoms with Crippen LogP contribution < -0.4 is 5.73 Å². The third kappa shape index (κ3) is 2.03. The molecule has 0 spiro atoms. The molecule has 0 saturated heterocycles. The molecule has 0 aliphatic heterocycles. The van der Waals surface area contributed by atoms with Crippen LogP contribution in [-0.2, 0) is 4.79 Å². The molecular formula is C13H11N5O. The van der Waals surface area contributed by atoms with Crippen LogP contribution in [0, 0.1) is 0 Å². The number of carbonyl (C=O) groups excluding carboxylic acids is 1. The third-order valence-electron chi connectivity index (χ3n) is 2.91. The van der Waals surface area contributed by atoms with E-state index >= 15 is 0 Å². The van der Waals surface area contributed by atoms with Gasteiger partial charge in [-0.05, 0) is 23.8 Å². The lowest BCUT2D eigenvalue weighted by Gasteiger charge is -2.11. The van der Waals surface area contributed by atoms with Crippen LogP contribution in [0.3, 0.4) is 0 Å². The molecule has 0 aliphatic carbocycles. The predicted octanol–water partition coefficient (Wildman–Crippen LogP) is 0.970. The van der Waals surface area contributed by atoms with E-state index in [1.807, 2.05) is 18.2 Å². The Morgan fingerprint density at radius 1 is 1.21 bits per heavy atom. The summed E-state index contributed by atoms with van der Waals surface area (Å²) in [5.41, 5.74) is 7.90. The van der Waals surface area contributed by atoms with Crippen LogP contribution in [0.5, 0.6) is 0 Å². The quantitative estimate of drug-likeness (QED) is 0.726. The van der Waals surface area contributed by atoms with Crippen molar-refractivity contribution in [2.45, 2.75) is 5.92 Å². The molecule has 3 rings (SSSR count). The van der Waals surface area contributed by atoms with Gasteiger partial charge in [-0.2, -0.15) is 0 Å². The van der Waals surface area contributed by atoms with Gasteiger partial charge in [0.25, 0.3) is 0 Å². The fraction of sp³-hybridized carbons (Fsp3) is 0.0769. The molecule has 3 aromatic rings. The van der Waals surface area contributed by atoms with Crippen molar-refractivity contribution in [2.24, 2.45) is 5.73 Å². The number of nitrogens with one attached hydrogen (secondary N) is 1. The number of imidazole rings is 1. The first-order valence-electron chi connectivity index (χ1n) is 5.75. The zero-order chi connectivity index (χ0) is 13.2. The van der Waals surface area contributed by atoms with Crippen molar-refractivity contribution in [1.82, 2.24) is 19.9 Å². The van der Waals surface area contributed by atoms with Gasteiger partial charge in [0.05, 0.1) is 17.4 Å². The van der Waals surface area contributed by atoms with Crippen molar-refractivity contribution in [3.8, 4) is 0 Å². The normalized spacial score (nSPS) is 12.4. The van der Waals surface area contributed by atoms with Crippen molar-refractivity contribution in [3.63, 3.8) is 0 Å². The summed E-state index contributed by atoms with van der Waals surface area (Å²) in [5.74, 6) is -0.743. The lowest BCUT2D eigenvalue weighted by atomic mass is 9.97. The highest BCUT2D eigenvalue weighted by Gasteiger charge is 2.23. The van der Waals surface area contributed by atoms with Crippen molar-refractivity contribution in [2.75, 3.05) is 0 Å². The highest BCUT2D eigenvalue weighted by atomic mass is 16.1. The summed E-state index contributed by atoms with van der Waals surface area (Å²) in [4.78, 5) is 27.0. The van der Waals surface area contributed by atoms with Gasteiger partial charge < -0.3 is 10.7 Å². The number of primary amides is 1. The number of nitrogens with two attached hydrogens (primary N) is 1. The maximum atomic E-state index is 11.7. The Kier molecular flexibility index (Phi) is 2.68. The summed E-state index contributed by atoms with van der Waals surface area (Å²) in [6.45, 7) is 0. The second-order valence-electron chi connectivity index (χ2n) is 4.12. The summed E-state index contributed by atoms with van der Waals surface area (Å²) in [5, 5.41) is 0. The minimum Gasteiger partial charge on any atom is -0.369 e. The van der Waals surface area contributed by atoms with Crippen LogP contribution in [-0.4, -0.2) is 25.8 Å². The Bertz CT molecular complexity index is 722. The van der Waals surface area contributed by atoms with Crippen molar-refractivity contribution in [3.05, 3.63) is 54.4 Å². The van der Waals surface area contributed by atoms with Gasteiger partial charge in [-0.15, -0.1) is 0 Å². The molecule has 94 valence electrons. The van der Waals surface area contributed by atoms with Crippen LogP contribution in [0.1, 0.15) is 17.3 Å². The lowest BCUT2D eigenvalue weighted by molar-refractivity contribution is -0.118. The maximum Gasteiger partial charge on any atom is 0.232 e. The molecule has 0 saturated carbocycles. The number of rotatable bonds is 3. The van der Waals surface area contributed by atoms with E-state index in [2.05, 4.69) is 19.9 Å². The molecule has 1 atom stereocenters. The molecule has 0 fully saturated rings. The second-order valence-corrected chi connectivity index (χ2v) is 4.12. The van der Waals surface area contributed by atoms with Crippen molar-refractivity contribution in [1.29, 1.82) is 0 Å². The van der Waals surface area contributed by atoms with Gasteiger partial charge in [0.15, 0.2) is 0 Å². The fourth-order valence-corrected chi connectivity index (χ4v) is 2.03. The second kappa shape index (κ2) is 4.49. The van der Waals surface area contributed by atoms with E-state index in [9.17, 15) is 4.79 Å². The number of amides is 1. The Morgan fingerprint density at radius 2 is 2.00 bits per heavy atom. The van der Waals surface area contributed by atoms with Crippen LogP contribution >= 0.6 is 0 Å². The Balaban J connectivity index is 2.12. The Hall–Kier alpha value is -2.76. The maximum absolute atomic E-state index is 11.7. The smallest absolute Gasteiger partial charge is 0.232 e. The highest BCUT2D eigenvalue weighted by Crippen LogP contribution is 2.23. The Morgan fingerprint density at radius 3 is 2.74 bits per heavy atom. The van der Waals surface area contributed by atoms with E-state index in [1.54, 1.807) is 24.8 Å². The van der Waals surface area contributed by atoms with Crippen LogP contribution in [0.15, 0.2) is 43.0 Å². The molecule has 6 nitrogen and oxygen atoms in total. The summed E-state index contributed by atoms with van der Waals surface area (Å²) in [6, 6.07) is 7.18. The van der Waals surface area contributed by atoms with E-state index in [-0.39, 0.29) is 0 Å². The van der Waals surface area contributed by atoms with Gasteiger partial charge in [0.2, 0.25) is 5.91 Å². The number of aromatic amines is 1. The molecule has 3 N–H and O–H groups in total. The van der Waals surface area contributed by atoms with Crippen LogP contribution in [0.2, 0.25) is 0 Å². The standard InChI is InChI=1S/C13H11N5O/c14-12(19)11(13-15-4-1-5-16-13)8-2-3-9-10(6-8)18-7-17-9/h1-7,11H,(H2,14,19)(H,17,18). The number of hydrogen-bond donors (Lipinski definition) is 2. The first-order valence-corrected chi connectivity index (χ1v) is 5.75. The number of hydrogen-bond acceptors (Lipinski definition) is 4. The third-order valence-corrected chi connectivity index (χ3v) is 2.91. The van der Waals surface area contributed by atoms with E-state index in [0.717, 1.165) is 16.6 Å². The van der Waals surface area contributed by atoms with Crippen LogP contribution in [0.4, 0.5) is 0 Å². The molecule has 0 bridgehead atoms. The van der Waals surface area contributed by atoms with Gasteiger partial charge in [-0.3, -0.25) is 4.79 Å². The molecule has 0 aliphatic rings. The number of aromatic nitrogens is 4. The zero-order valence-corrected chi connectivity index (χ0v) is 9.95. The predicted molar refractivity (Wildman–Crippen MR) is 69.2 cm³/mol. The summed E-state index contributed by atoms with van der Waals surface area (Å²) >= 11 is 0. The molecule has 1 amide bonds. The van der Waals surface area contributed by atoms with Gasteiger partial charge in [0, 0.05) is 12.4 Å². The average molecular weight is 253 g/mol. The summed E-state index contributed by atoms with van der Waals surface area (Å²) < 4.78 is 0. The van der Waals surface area contributed by atoms with Gasteiger partial charge in [-0.25, -0.2) is 15.0 Å². The van der Waals surface area contributed by atoms with Gasteiger partial charge in [-0.1, -0.05) is 6.07 Å². The monoisotopic (exact) mass is 253 g/mol. The fourth-order valence-electron chi connectivity index (χ4n) is 2.03. The average Bonchev–Trinajstić information content (AvgIpc) is 2.87. The van der Waals surface area contributed by atoms with E-state index < -0.39 is 11.8 Å². The molecule has 6 heteroatoms. The molecule has 1 aromatic carbocycles. The van der Waals surface area contributed by atoms with E-state index in [4.69, 9.17) is 5.73 Å². The number of nitrogens with zero attached hydrogens (tertiary/aromatic N) is 3. The lowest BCUT2D eigenvalue weighted by Crippen LogP contribution is -2.24. The van der Waals surface area contributed by atoms with Crippen molar-refractivity contribution >= 4 is 16.9 Å². The first kappa shape index (κ1) is 11.3. The van der Waals surface area contributed by atoms with Crippen molar-refractivity contribution < 1.29 is 4.79 Å².